The number of hydrogen-bond acceptors (Lipinski definition) is 5. The summed E-state index contributed by atoms with van der Waals surface area (Å²) < 4.78 is 11.0. The number of carbonyl (C=O) groups excluding carboxylic acids is 1. The molecular weight excluding hydrogens is 282 g/mol. The van der Waals surface area contributed by atoms with E-state index in [0.717, 1.165) is 11.1 Å². The number of benzene rings is 1. The maximum atomic E-state index is 11.4. The molecule has 1 atom stereocenters. The summed E-state index contributed by atoms with van der Waals surface area (Å²) in [5, 5.41) is 12.3. The Hall–Kier alpha value is -1.59. The average Bonchev–Trinajstić information content (AvgIpc) is 2.45. The van der Waals surface area contributed by atoms with Crippen LogP contribution in [-0.2, 0) is 16.8 Å². The van der Waals surface area contributed by atoms with Crippen molar-refractivity contribution in [3.63, 3.8) is 0 Å². The highest BCUT2D eigenvalue weighted by Gasteiger charge is 2.21. The van der Waals surface area contributed by atoms with Crippen LogP contribution in [0.3, 0.4) is 0 Å². The van der Waals surface area contributed by atoms with Gasteiger partial charge in [0.25, 0.3) is 0 Å². The van der Waals surface area contributed by atoms with E-state index in [1.807, 2.05) is 12.1 Å². The minimum Gasteiger partial charge on any atom is -0.496 e. The first-order valence-corrected chi connectivity index (χ1v) is 7.34. The Kier molecular flexibility index (Phi) is 6.38. The number of nitrogens with one attached hydrogen (secondary N) is 1. The Morgan fingerprint density at radius 1 is 1.23 bits per heavy atom. The molecule has 5 nitrogen and oxygen atoms in total. The first kappa shape index (κ1) is 18.5. The van der Waals surface area contributed by atoms with Crippen LogP contribution in [0.25, 0.3) is 0 Å². The summed E-state index contributed by atoms with van der Waals surface area (Å²) in [5.41, 5.74) is 1.91. The third-order valence-electron chi connectivity index (χ3n) is 3.67. The normalized spacial score (nSPS) is 12.9. The molecule has 0 aliphatic heterocycles. The van der Waals surface area contributed by atoms with E-state index in [0.29, 0.717) is 18.0 Å². The van der Waals surface area contributed by atoms with Gasteiger partial charge in [0.05, 0.1) is 26.9 Å². The quantitative estimate of drug-likeness (QED) is 0.807. The van der Waals surface area contributed by atoms with Crippen molar-refractivity contribution in [1.29, 1.82) is 0 Å². The number of Topliss-reactive ketones (excluding diaryl/α,β-unsaturated/α-hetero) is 1. The van der Waals surface area contributed by atoms with Crippen LogP contribution in [0.15, 0.2) is 12.1 Å². The van der Waals surface area contributed by atoms with Gasteiger partial charge in [-0.25, -0.2) is 0 Å². The molecule has 22 heavy (non-hydrogen) atoms. The third-order valence-corrected chi connectivity index (χ3v) is 3.67. The molecule has 0 saturated heterocycles. The molecule has 5 heteroatoms. The molecule has 0 aliphatic carbocycles. The van der Waals surface area contributed by atoms with Gasteiger partial charge in [-0.15, -0.1) is 0 Å². The van der Waals surface area contributed by atoms with Gasteiger partial charge in [0.2, 0.25) is 0 Å². The summed E-state index contributed by atoms with van der Waals surface area (Å²) >= 11 is 0. The summed E-state index contributed by atoms with van der Waals surface area (Å²) in [6.07, 6.45) is 0. The second-order valence-electron chi connectivity index (χ2n) is 6.34. The molecule has 0 aromatic heterocycles. The molecular formula is C17H27NO4. The highest BCUT2D eigenvalue weighted by molar-refractivity contribution is 5.81. The zero-order valence-corrected chi connectivity index (χ0v) is 14.3. The van der Waals surface area contributed by atoms with Gasteiger partial charge >= 0.3 is 0 Å². The number of rotatable bonds is 7. The zero-order chi connectivity index (χ0) is 16.9. The van der Waals surface area contributed by atoms with E-state index in [4.69, 9.17) is 9.47 Å². The van der Waals surface area contributed by atoms with Crippen molar-refractivity contribution < 1.29 is 19.4 Å². The van der Waals surface area contributed by atoms with E-state index < -0.39 is 6.04 Å². The van der Waals surface area contributed by atoms with Gasteiger partial charge in [-0.2, -0.15) is 0 Å². The molecule has 0 saturated carbocycles. The molecule has 0 aliphatic rings. The second-order valence-corrected chi connectivity index (χ2v) is 6.34. The molecule has 124 valence electrons. The van der Waals surface area contributed by atoms with Crippen molar-refractivity contribution in [1.82, 2.24) is 5.32 Å². The maximum Gasteiger partial charge on any atom is 0.149 e. The fraction of sp³-hybridized carbons (Fsp3) is 0.588. The lowest BCUT2D eigenvalue weighted by Crippen LogP contribution is -2.38. The van der Waals surface area contributed by atoms with Crippen molar-refractivity contribution in [2.45, 2.75) is 45.7 Å². The van der Waals surface area contributed by atoms with Gasteiger partial charge in [0.1, 0.15) is 17.3 Å². The van der Waals surface area contributed by atoms with Crippen LogP contribution in [-0.4, -0.2) is 37.8 Å². The molecule has 0 unspecified atom stereocenters. The fourth-order valence-electron chi connectivity index (χ4n) is 2.15. The molecule has 0 spiro atoms. The minimum atomic E-state index is -0.586. The van der Waals surface area contributed by atoms with Crippen LogP contribution < -0.4 is 14.8 Å². The van der Waals surface area contributed by atoms with Crippen molar-refractivity contribution in [3.05, 3.63) is 23.3 Å². The van der Waals surface area contributed by atoms with E-state index in [2.05, 4.69) is 26.1 Å². The number of ether oxygens (including phenoxy) is 2. The third kappa shape index (κ3) is 4.45. The Balaban J connectivity index is 3.15. The van der Waals surface area contributed by atoms with Gasteiger partial charge in [-0.05, 0) is 30.0 Å². The molecule has 0 heterocycles. The first-order chi connectivity index (χ1) is 10.2. The van der Waals surface area contributed by atoms with E-state index in [-0.39, 0.29) is 17.8 Å². The Labute approximate surface area is 132 Å². The van der Waals surface area contributed by atoms with Gasteiger partial charge < -0.3 is 19.9 Å². The molecule has 0 bridgehead atoms. The maximum absolute atomic E-state index is 11.4. The van der Waals surface area contributed by atoms with Crippen molar-refractivity contribution >= 4 is 5.78 Å². The lowest BCUT2D eigenvalue weighted by Gasteiger charge is -2.23. The highest BCUT2D eigenvalue weighted by Crippen LogP contribution is 2.35. The average molecular weight is 309 g/mol. The Bertz CT molecular complexity index is 495. The molecule has 1 aromatic rings. The van der Waals surface area contributed by atoms with E-state index in [1.54, 1.807) is 14.2 Å². The standard InChI is InChI=1S/C17H27NO4/c1-11(20)14(10-19)18-9-13-15(21-5)7-12(17(2,3)4)8-16(13)22-6/h7-8,14,18-19H,9-10H2,1-6H3/t14-/m0/s1. The van der Waals surface area contributed by atoms with Gasteiger partial charge in [0.15, 0.2) is 0 Å². The second kappa shape index (κ2) is 7.61. The fourth-order valence-corrected chi connectivity index (χ4v) is 2.15. The molecule has 2 N–H and O–H groups in total. The van der Waals surface area contributed by atoms with Crippen molar-refractivity contribution in [2.24, 2.45) is 0 Å². The van der Waals surface area contributed by atoms with Crippen LogP contribution in [0, 0.1) is 0 Å². The molecule has 1 rings (SSSR count). The Morgan fingerprint density at radius 2 is 1.73 bits per heavy atom. The summed E-state index contributed by atoms with van der Waals surface area (Å²) in [5.74, 6) is 1.31. The SMILES string of the molecule is COc1cc(C(C)(C)C)cc(OC)c1CN[C@@H](CO)C(C)=O. The minimum absolute atomic E-state index is 0.0282. The molecule has 0 radical (unpaired) electrons. The number of ketones is 1. The smallest absolute Gasteiger partial charge is 0.149 e. The van der Waals surface area contributed by atoms with Crippen LogP contribution in [0.4, 0.5) is 0 Å². The zero-order valence-electron chi connectivity index (χ0n) is 14.3. The van der Waals surface area contributed by atoms with Gasteiger partial charge in [-0.3, -0.25) is 4.79 Å². The highest BCUT2D eigenvalue weighted by atomic mass is 16.5. The largest absolute Gasteiger partial charge is 0.496 e. The van der Waals surface area contributed by atoms with Crippen LogP contribution in [0.2, 0.25) is 0 Å². The van der Waals surface area contributed by atoms with Gasteiger partial charge in [-0.1, -0.05) is 20.8 Å². The lowest BCUT2D eigenvalue weighted by atomic mass is 9.86. The van der Waals surface area contributed by atoms with E-state index >= 15 is 0 Å². The Morgan fingerprint density at radius 3 is 2.05 bits per heavy atom. The summed E-state index contributed by atoms with van der Waals surface area (Å²) in [4.78, 5) is 11.4. The molecule has 0 amide bonds. The first-order valence-electron chi connectivity index (χ1n) is 7.34. The summed E-state index contributed by atoms with van der Waals surface area (Å²) in [6.45, 7) is 7.96. The van der Waals surface area contributed by atoms with Crippen molar-refractivity contribution in [2.75, 3.05) is 20.8 Å². The summed E-state index contributed by atoms with van der Waals surface area (Å²) in [6, 6.07) is 3.39. The number of methoxy groups -OCH3 is 2. The topological polar surface area (TPSA) is 67.8 Å². The molecule has 0 fully saturated rings. The van der Waals surface area contributed by atoms with E-state index in [9.17, 15) is 9.90 Å². The van der Waals surface area contributed by atoms with Crippen LogP contribution >= 0.6 is 0 Å². The summed E-state index contributed by atoms with van der Waals surface area (Å²) in [7, 11) is 3.22. The predicted molar refractivity (Wildman–Crippen MR) is 86.6 cm³/mol. The van der Waals surface area contributed by atoms with Crippen molar-refractivity contribution in [3.8, 4) is 11.5 Å². The van der Waals surface area contributed by atoms with Crippen LogP contribution in [0.5, 0.6) is 11.5 Å². The number of aliphatic hydroxyl groups excluding tert-OH is 1. The van der Waals surface area contributed by atoms with Crippen LogP contribution in [0.1, 0.15) is 38.8 Å². The number of hydrogen-bond donors (Lipinski definition) is 2. The predicted octanol–water partition coefficient (Wildman–Crippen LogP) is 2.04. The monoisotopic (exact) mass is 309 g/mol. The number of carbonyl (C=O) groups is 1. The number of aliphatic hydroxyl groups is 1. The van der Waals surface area contributed by atoms with Gasteiger partial charge in [0, 0.05) is 12.1 Å². The lowest BCUT2D eigenvalue weighted by molar-refractivity contribution is -0.119. The molecule has 1 aromatic carbocycles. The van der Waals surface area contributed by atoms with E-state index in [1.165, 1.54) is 6.92 Å².